The highest BCUT2D eigenvalue weighted by atomic mass is 79.9. The molecule has 27 heavy (non-hydrogen) atoms. The van der Waals surface area contributed by atoms with Crippen LogP contribution in [0.15, 0.2) is 40.9 Å². The second-order valence-electron chi connectivity index (χ2n) is 5.88. The Morgan fingerprint density at radius 2 is 2.07 bits per heavy atom. The number of imidazole rings is 1. The Morgan fingerprint density at radius 1 is 1.26 bits per heavy atom. The molecule has 0 saturated carbocycles. The van der Waals surface area contributed by atoms with E-state index in [1.807, 2.05) is 43.3 Å². The van der Waals surface area contributed by atoms with Crippen LogP contribution in [-0.2, 0) is 0 Å². The summed E-state index contributed by atoms with van der Waals surface area (Å²) in [5.41, 5.74) is 3.00. The molecule has 0 bridgehead atoms. The Hall–Kier alpha value is -2.78. The van der Waals surface area contributed by atoms with Crippen molar-refractivity contribution in [2.75, 3.05) is 13.2 Å². The zero-order valence-corrected chi connectivity index (χ0v) is 16.8. The summed E-state index contributed by atoms with van der Waals surface area (Å²) in [5.74, 6) is 1.87. The lowest BCUT2D eigenvalue weighted by atomic mass is 10.1. The minimum atomic E-state index is 0.447. The van der Waals surface area contributed by atoms with E-state index in [4.69, 9.17) is 9.47 Å². The second-order valence-corrected chi connectivity index (χ2v) is 6.74. The monoisotopic (exact) mass is 425 g/mol. The molecular weight excluding hydrogens is 406 g/mol. The predicted octanol–water partition coefficient (Wildman–Crippen LogP) is 5.58. The molecule has 0 saturated heterocycles. The molecule has 3 aromatic rings. The Labute approximate surface area is 166 Å². The molecule has 2 aromatic carbocycles. The van der Waals surface area contributed by atoms with Crippen LogP contribution in [0.1, 0.15) is 31.7 Å². The minimum Gasteiger partial charge on any atom is -0.490 e. The Balaban J connectivity index is 2.01. The van der Waals surface area contributed by atoms with Crippen molar-refractivity contribution in [2.45, 2.75) is 20.3 Å². The molecule has 5 nitrogen and oxygen atoms in total. The Bertz CT molecular complexity index is 985. The van der Waals surface area contributed by atoms with Gasteiger partial charge in [-0.2, -0.15) is 5.26 Å². The molecule has 0 aliphatic carbocycles. The van der Waals surface area contributed by atoms with Crippen molar-refractivity contribution in [1.29, 1.82) is 5.26 Å². The molecule has 0 aliphatic rings. The summed E-state index contributed by atoms with van der Waals surface area (Å²) in [7, 11) is 0. The number of nitriles is 1. The van der Waals surface area contributed by atoms with Gasteiger partial charge in [-0.05, 0) is 65.2 Å². The number of halogens is 1. The highest BCUT2D eigenvalue weighted by Gasteiger charge is 2.13. The van der Waals surface area contributed by atoms with Crippen molar-refractivity contribution in [1.82, 2.24) is 9.97 Å². The topological polar surface area (TPSA) is 70.9 Å². The average molecular weight is 426 g/mol. The molecule has 0 atom stereocenters. The third-order valence-corrected chi connectivity index (χ3v) is 4.45. The number of para-hydroxylation sites is 2. The van der Waals surface area contributed by atoms with Gasteiger partial charge in [0.25, 0.3) is 0 Å². The molecule has 138 valence electrons. The van der Waals surface area contributed by atoms with Crippen molar-refractivity contribution < 1.29 is 9.47 Å². The lowest BCUT2D eigenvalue weighted by molar-refractivity contribution is 0.275. The first-order valence-corrected chi connectivity index (χ1v) is 9.61. The van der Waals surface area contributed by atoms with Crippen molar-refractivity contribution >= 4 is 38.6 Å². The van der Waals surface area contributed by atoms with Gasteiger partial charge >= 0.3 is 0 Å². The maximum atomic E-state index is 9.63. The zero-order valence-electron chi connectivity index (χ0n) is 15.3. The van der Waals surface area contributed by atoms with Gasteiger partial charge in [0.15, 0.2) is 11.5 Å². The van der Waals surface area contributed by atoms with E-state index in [-0.39, 0.29) is 0 Å². The number of hydrogen-bond donors (Lipinski definition) is 1. The number of nitrogens with zero attached hydrogens (tertiary/aromatic N) is 2. The standard InChI is InChI=1S/C21H20BrN3O2/c1-3-9-27-20-16(22)11-14(12-19(20)26-4-2)10-15(13-23)21-24-17-7-5-6-8-18(17)25-21/h5-8,10-12H,3-4,9H2,1-2H3,(H,24,25)/b15-10+. The van der Waals surface area contributed by atoms with Gasteiger partial charge < -0.3 is 14.5 Å². The van der Waals surface area contributed by atoms with Gasteiger partial charge in [0.2, 0.25) is 0 Å². The maximum absolute atomic E-state index is 9.63. The molecule has 1 aromatic heterocycles. The Morgan fingerprint density at radius 3 is 2.78 bits per heavy atom. The van der Waals surface area contributed by atoms with Crippen LogP contribution in [0.25, 0.3) is 22.7 Å². The lowest BCUT2D eigenvalue weighted by Crippen LogP contribution is -2.01. The van der Waals surface area contributed by atoms with Gasteiger partial charge in [-0.1, -0.05) is 19.1 Å². The molecule has 0 aliphatic heterocycles. The van der Waals surface area contributed by atoms with Crippen LogP contribution < -0.4 is 9.47 Å². The molecule has 0 radical (unpaired) electrons. The van der Waals surface area contributed by atoms with Crippen LogP contribution in [0.5, 0.6) is 11.5 Å². The van der Waals surface area contributed by atoms with Crippen LogP contribution in [0.4, 0.5) is 0 Å². The van der Waals surface area contributed by atoms with E-state index >= 15 is 0 Å². The molecule has 1 heterocycles. The number of rotatable bonds is 7. The number of allylic oxidation sites excluding steroid dienone is 1. The van der Waals surface area contributed by atoms with Crippen LogP contribution in [0.3, 0.4) is 0 Å². The van der Waals surface area contributed by atoms with Gasteiger partial charge in [0, 0.05) is 0 Å². The maximum Gasteiger partial charge on any atom is 0.175 e. The summed E-state index contributed by atoms with van der Waals surface area (Å²) in [5, 5.41) is 9.63. The number of H-pyrrole nitrogens is 1. The van der Waals surface area contributed by atoms with E-state index in [1.54, 1.807) is 6.08 Å². The van der Waals surface area contributed by atoms with E-state index in [0.717, 1.165) is 27.5 Å². The third-order valence-electron chi connectivity index (χ3n) is 3.86. The molecule has 0 fully saturated rings. The minimum absolute atomic E-state index is 0.447. The van der Waals surface area contributed by atoms with E-state index in [2.05, 4.69) is 38.9 Å². The number of aromatic amines is 1. The summed E-state index contributed by atoms with van der Waals surface area (Å²) < 4.78 is 12.3. The normalized spacial score (nSPS) is 11.4. The highest BCUT2D eigenvalue weighted by Crippen LogP contribution is 2.38. The molecule has 6 heteroatoms. The van der Waals surface area contributed by atoms with Crippen molar-refractivity contribution in [3.8, 4) is 17.6 Å². The van der Waals surface area contributed by atoms with E-state index in [9.17, 15) is 5.26 Å². The number of benzene rings is 2. The highest BCUT2D eigenvalue weighted by molar-refractivity contribution is 9.10. The summed E-state index contributed by atoms with van der Waals surface area (Å²) >= 11 is 3.55. The largest absolute Gasteiger partial charge is 0.490 e. The summed E-state index contributed by atoms with van der Waals surface area (Å²) in [6, 6.07) is 13.7. The first kappa shape index (κ1) is 19.0. The fourth-order valence-electron chi connectivity index (χ4n) is 2.68. The van der Waals surface area contributed by atoms with E-state index < -0.39 is 0 Å². The summed E-state index contributed by atoms with van der Waals surface area (Å²) in [4.78, 5) is 7.70. The fourth-order valence-corrected chi connectivity index (χ4v) is 3.25. The first-order valence-electron chi connectivity index (χ1n) is 8.82. The zero-order chi connectivity index (χ0) is 19.2. The fraction of sp³-hybridized carbons (Fsp3) is 0.238. The van der Waals surface area contributed by atoms with Crippen LogP contribution in [-0.4, -0.2) is 23.2 Å². The van der Waals surface area contributed by atoms with Crippen LogP contribution >= 0.6 is 15.9 Å². The van der Waals surface area contributed by atoms with Crippen LogP contribution in [0.2, 0.25) is 0 Å². The number of nitrogens with one attached hydrogen (secondary N) is 1. The average Bonchev–Trinajstić information content (AvgIpc) is 3.09. The molecule has 0 spiro atoms. The number of ether oxygens (including phenoxy) is 2. The number of fused-ring (bicyclic) bond motifs is 1. The van der Waals surface area contributed by atoms with E-state index in [0.29, 0.717) is 36.1 Å². The quantitative estimate of drug-likeness (QED) is 0.501. The molecular formula is C21H20BrN3O2. The van der Waals surface area contributed by atoms with E-state index in [1.165, 1.54) is 0 Å². The molecule has 1 N–H and O–H groups in total. The summed E-state index contributed by atoms with van der Waals surface area (Å²) in [6.45, 7) is 5.11. The Kier molecular flexibility index (Phi) is 6.15. The lowest BCUT2D eigenvalue weighted by Gasteiger charge is -2.14. The first-order chi connectivity index (χ1) is 13.2. The van der Waals surface area contributed by atoms with Gasteiger partial charge in [-0.25, -0.2) is 4.98 Å². The second kappa shape index (κ2) is 8.74. The van der Waals surface area contributed by atoms with Crippen molar-refractivity contribution in [3.05, 3.63) is 52.3 Å². The SMILES string of the molecule is CCCOc1c(Br)cc(/C=C(\C#N)c2nc3ccccc3[nH]2)cc1OCC. The third kappa shape index (κ3) is 4.32. The predicted molar refractivity (Wildman–Crippen MR) is 111 cm³/mol. The van der Waals surface area contributed by atoms with Gasteiger partial charge in [0.05, 0.1) is 34.3 Å². The molecule has 3 rings (SSSR count). The van der Waals surface area contributed by atoms with Gasteiger partial charge in [-0.15, -0.1) is 0 Å². The van der Waals surface area contributed by atoms with Gasteiger partial charge in [-0.3, -0.25) is 0 Å². The van der Waals surface area contributed by atoms with Crippen LogP contribution in [0, 0.1) is 11.3 Å². The van der Waals surface area contributed by atoms with Crippen molar-refractivity contribution in [2.24, 2.45) is 0 Å². The molecule has 0 amide bonds. The molecule has 0 unspecified atom stereocenters. The summed E-state index contributed by atoms with van der Waals surface area (Å²) in [6.07, 6.45) is 2.69. The smallest absolute Gasteiger partial charge is 0.175 e. The number of hydrogen-bond acceptors (Lipinski definition) is 4. The van der Waals surface area contributed by atoms with Gasteiger partial charge in [0.1, 0.15) is 11.9 Å². The number of aromatic nitrogens is 2. The van der Waals surface area contributed by atoms with Crippen molar-refractivity contribution in [3.63, 3.8) is 0 Å².